The largest absolute Gasteiger partial charge is 0.756 e. The van der Waals surface area contributed by atoms with Crippen LogP contribution in [0.1, 0.15) is 336 Å². The molecule has 0 aromatic rings. The molecule has 0 radical (unpaired) electrons. The van der Waals surface area contributed by atoms with Gasteiger partial charge in [-0.2, -0.15) is 0 Å². The van der Waals surface area contributed by atoms with Gasteiger partial charge in [0.15, 0.2) is 12.2 Å². The summed E-state index contributed by atoms with van der Waals surface area (Å²) in [5, 5.41) is 0. The fourth-order valence-electron chi connectivity index (χ4n) is 9.99. The van der Waals surface area contributed by atoms with Crippen molar-refractivity contribution in [2.24, 2.45) is 5.73 Å². The van der Waals surface area contributed by atoms with Crippen LogP contribution in [-0.4, -0.2) is 119 Å². The quantitative estimate of drug-likeness (QED) is 0.0189. The maximum absolute atomic E-state index is 12.6. The molecule has 0 saturated heterocycles. The SMILES string of the molecule is CCCCCCCCCCCCCC(=O)OC[C@H](COP(=O)(O)OCC[N+](C)(C)C)OC(=O)CCCCCCCCCCCCC.CCCCCCCCCCCCCC(=O)OC[C@H](COP(=O)([O-])OCCN)OC(=O)CCCCCCCCCCCCC. The van der Waals surface area contributed by atoms with Crippen LogP contribution in [0.25, 0.3) is 0 Å². The van der Waals surface area contributed by atoms with Crippen molar-refractivity contribution in [1.82, 2.24) is 0 Å². The Bertz CT molecular complexity index is 1710. The number of rotatable bonds is 67. The van der Waals surface area contributed by atoms with E-state index in [4.69, 9.17) is 38.3 Å². The van der Waals surface area contributed by atoms with Crippen LogP contribution in [0.15, 0.2) is 0 Å². The van der Waals surface area contributed by atoms with Gasteiger partial charge in [-0.05, 0) is 25.7 Å². The lowest BCUT2D eigenvalue weighted by atomic mass is 10.1. The highest BCUT2D eigenvalue weighted by molar-refractivity contribution is 7.47. The van der Waals surface area contributed by atoms with Gasteiger partial charge in [0.2, 0.25) is 0 Å². The Morgan fingerprint density at radius 3 is 0.899 bits per heavy atom. The topological polar surface area (TPSA) is 246 Å². The molecule has 89 heavy (non-hydrogen) atoms. The van der Waals surface area contributed by atoms with Gasteiger partial charge in [-0.3, -0.25) is 32.8 Å². The second-order valence-corrected chi connectivity index (χ2v) is 28.6. The number of carbonyl (C=O) groups is 4. The Balaban J connectivity index is 0. The molecule has 18 nitrogen and oxygen atoms in total. The van der Waals surface area contributed by atoms with Crippen molar-refractivity contribution in [3.63, 3.8) is 0 Å². The monoisotopic (exact) mass is 1310 g/mol. The Morgan fingerprint density at radius 1 is 0.371 bits per heavy atom. The van der Waals surface area contributed by atoms with E-state index in [9.17, 15) is 38.1 Å². The number of likely N-dealkylation sites (N-methyl/N-ethyl adjacent to an activating group) is 1. The van der Waals surface area contributed by atoms with Gasteiger partial charge >= 0.3 is 31.7 Å². The van der Waals surface area contributed by atoms with Crippen molar-refractivity contribution in [2.45, 2.75) is 348 Å². The lowest BCUT2D eigenvalue weighted by Gasteiger charge is -2.25. The fraction of sp³-hybridized carbons (Fsp3) is 0.942. The van der Waals surface area contributed by atoms with Crippen molar-refractivity contribution in [1.29, 1.82) is 0 Å². The lowest BCUT2D eigenvalue weighted by molar-refractivity contribution is -0.870. The Morgan fingerprint density at radius 2 is 0.629 bits per heavy atom. The first-order valence-corrected chi connectivity index (χ1v) is 39.2. The zero-order chi connectivity index (χ0) is 66.2. The van der Waals surface area contributed by atoms with E-state index in [0.29, 0.717) is 30.3 Å². The van der Waals surface area contributed by atoms with Crippen molar-refractivity contribution >= 4 is 39.5 Å². The highest BCUT2D eigenvalue weighted by atomic mass is 31.2. The second kappa shape index (κ2) is 64.7. The maximum atomic E-state index is 12.6. The number of unbranched alkanes of at least 4 members (excludes halogenated alkanes) is 40. The number of carbonyl (C=O) groups excluding carboxylic acids is 4. The molecule has 0 amide bonds. The molecule has 0 aliphatic heterocycles. The van der Waals surface area contributed by atoms with Crippen LogP contribution < -0.4 is 10.6 Å². The molecule has 0 aromatic carbocycles. The summed E-state index contributed by atoms with van der Waals surface area (Å²) in [5.74, 6) is -1.65. The minimum Gasteiger partial charge on any atom is -0.756 e. The van der Waals surface area contributed by atoms with Crippen LogP contribution in [0, 0.1) is 0 Å². The minimum atomic E-state index is -4.60. The summed E-state index contributed by atoms with van der Waals surface area (Å²) in [6.07, 6.45) is 51.1. The Hall–Kier alpha value is -1.98. The standard InChI is InChI=1S/C36H72NO8P.C33H66NO8P/c1-6-8-10-12-14-16-18-20-22-24-26-28-35(38)42-32-34(33-44-46(40,41)43-31-30-37(3,4)5)45-36(39)29-27-25-23-21-19-17-15-13-11-9-7-2;1-3-5-7-9-11-13-15-17-19-21-23-25-32(35)39-29-31(30-41-43(37,38)40-28-27-34)42-33(36)26-24-22-20-18-16-14-12-10-8-6-4-2/h34H,6-33H2,1-5H3;31H,3-30,34H2,1-2H3,(H,37,38)/t34-;31-/m11/s1. The molecule has 0 spiro atoms. The van der Waals surface area contributed by atoms with E-state index in [1.807, 2.05) is 21.1 Å². The summed E-state index contributed by atoms with van der Waals surface area (Å²) in [6.45, 7) is 7.91. The lowest BCUT2D eigenvalue weighted by Crippen LogP contribution is -2.37. The number of nitrogens with zero attached hydrogens (tertiary/aromatic N) is 1. The number of phosphoric ester groups is 2. The summed E-state index contributed by atoms with van der Waals surface area (Å²) in [7, 11) is -3.12. The number of esters is 4. The summed E-state index contributed by atoms with van der Waals surface area (Å²) in [6, 6.07) is 0. The minimum absolute atomic E-state index is 0.0175. The van der Waals surface area contributed by atoms with Crippen molar-refractivity contribution in [3.05, 3.63) is 0 Å². The summed E-state index contributed by atoms with van der Waals surface area (Å²) >= 11 is 0. The van der Waals surface area contributed by atoms with Crippen LogP contribution in [0.3, 0.4) is 0 Å². The van der Waals surface area contributed by atoms with Crippen molar-refractivity contribution in [2.75, 3.05) is 73.9 Å². The van der Waals surface area contributed by atoms with Gasteiger partial charge in [0.25, 0.3) is 7.82 Å². The third kappa shape index (κ3) is 70.2. The molecule has 4 atom stereocenters. The van der Waals surface area contributed by atoms with Crippen LogP contribution in [-0.2, 0) is 65.4 Å². The summed E-state index contributed by atoms with van der Waals surface area (Å²) in [4.78, 5) is 71.7. The molecule has 530 valence electrons. The molecule has 0 fully saturated rings. The van der Waals surface area contributed by atoms with Crippen LogP contribution in [0.5, 0.6) is 0 Å². The van der Waals surface area contributed by atoms with E-state index in [1.54, 1.807) is 0 Å². The van der Waals surface area contributed by atoms with Gasteiger partial charge in [0.05, 0.1) is 41.0 Å². The van der Waals surface area contributed by atoms with E-state index in [1.165, 1.54) is 199 Å². The molecule has 0 heterocycles. The molecule has 3 N–H and O–H groups in total. The first kappa shape index (κ1) is 89.1. The van der Waals surface area contributed by atoms with E-state index in [0.717, 1.165) is 70.6 Å². The number of ether oxygens (including phenoxy) is 4. The van der Waals surface area contributed by atoms with Gasteiger partial charge in [0, 0.05) is 32.2 Å². The Labute approximate surface area is 544 Å². The first-order chi connectivity index (χ1) is 42.8. The Kier molecular flexibility index (Phi) is 64.8. The zero-order valence-electron chi connectivity index (χ0n) is 58.2. The molecular formula is C69H138N2O16P2. The van der Waals surface area contributed by atoms with Gasteiger partial charge < -0.3 is 48.0 Å². The zero-order valence-corrected chi connectivity index (χ0v) is 60.0. The van der Waals surface area contributed by atoms with E-state index >= 15 is 0 Å². The molecule has 0 aromatic heterocycles. The third-order valence-electron chi connectivity index (χ3n) is 15.6. The van der Waals surface area contributed by atoms with Gasteiger partial charge in [0.1, 0.15) is 26.4 Å². The molecule has 20 heteroatoms. The van der Waals surface area contributed by atoms with Crippen LogP contribution >= 0.6 is 15.6 Å². The van der Waals surface area contributed by atoms with Gasteiger partial charge in [-0.15, -0.1) is 0 Å². The number of hydrogen-bond donors (Lipinski definition) is 2. The average molecular weight is 1310 g/mol. The predicted molar refractivity (Wildman–Crippen MR) is 359 cm³/mol. The van der Waals surface area contributed by atoms with E-state index in [2.05, 4.69) is 32.2 Å². The number of phosphoric acid groups is 2. The average Bonchev–Trinajstić information content (AvgIpc) is 3.69. The van der Waals surface area contributed by atoms with Crippen molar-refractivity contribution in [3.8, 4) is 0 Å². The predicted octanol–water partition coefficient (Wildman–Crippen LogP) is 18.0. The summed E-state index contributed by atoms with van der Waals surface area (Å²) < 4.78 is 66.2. The molecule has 0 rings (SSSR count). The molecule has 0 saturated carbocycles. The number of hydrogen-bond acceptors (Lipinski definition) is 16. The highest BCUT2D eigenvalue weighted by Gasteiger charge is 2.27. The van der Waals surface area contributed by atoms with Crippen LogP contribution in [0.4, 0.5) is 0 Å². The van der Waals surface area contributed by atoms with E-state index < -0.39 is 59.0 Å². The molecule has 0 aliphatic carbocycles. The number of quaternary nitrogens is 1. The molecule has 2 unspecified atom stereocenters. The molecule has 0 bridgehead atoms. The van der Waals surface area contributed by atoms with Crippen LogP contribution in [0.2, 0.25) is 0 Å². The summed E-state index contributed by atoms with van der Waals surface area (Å²) in [5.41, 5.74) is 5.29. The highest BCUT2D eigenvalue weighted by Crippen LogP contribution is 2.43. The maximum Gasteiger partial charge on any atom is 0.472 e. The molecular weight excluding hydrogens is 1170 g/mol. The van der Waals surface area contributed by atoms with Crippen molar-refractivity contribution < 1.29 is 79.6 Å². The van der Waals surface area contributed by atoms with Gasteiger partial charge in [-0.25, -0.2) is 4.57 Å². The second-order valence-electron chi connectivity index (χ2n) is 25.7. The normalized spacial score (nSPS) is 13.6. The molecule has 0 aliphatic rings. The van der Waals surface area contributed by atoms with Gasteiger partial charge in [-0.1, -0.05) is 285 Å². The third-order valence-corrected chi connectivity index (χ3v) is 17.6. The first-order valence-electron chi connectivity index (χ1n) is 36.3. The van der Waals surface area contributed by atoms with E-state index in [-0.39, 0.29) is 58.2 Å². The smallest absolute Gasteiger partial charge is 0.472 e. The fourth-order valence-corrected chi connectivity index (χ4v) is 11.5. The number of nitrogens with two attached hydrogens (primary N) is 1.